The van der Waals surface area contributed by atoms with Crippen molar-refractivity contribution < 1.29 is 9.47 Å². The quantitative estimate of drug-likeness (QED) is 0.656. The fraction of sp³-hybridized carbons (Fsp3) is 0.435. The Morgan fingerprint density at radius 3 is 2.83 bits per heavy atom. The Morgan fingerprint density at radius 2 is 2.13 bits per heavy atom. The third-order valence-corrected chi connectivity index (χ3v) is 7.02. The molecule has 1 aliphatic carbocycles. The highest BCUT2D eigenvalue weighted by Crippen LogP contribution is 2.42. The lowest BCUT2D eigenvalue weighted by Crippen LogP contribution is -2.26. The lowest BCUT2D eigenvalue weighted by molar-refractivity contribution is 0.218. The van der Waals surface area contributed by atoms with E-state index < -0.39 is 0 Å². The number of nitrogens with one attached hydrogen (secondary N) is 1. The predicted molar refractivity (Wildman–Crippen MR) is 118 cm³/mol. The van der Waals surface area contributed by atoms with Gasteiger partial charge in [-0.1, -0.05) is 20.8 Å². The summed E-state index contributed by atoms with van der Waals surface area (Å²) in [6.07, 6.45) is 3.04. The molecular formula is C23H25N3O3S. The summed E-state index contributed by atoms with van der Waals surface area (Å²) in [6, 6.07) is 7.24. The lowest BCUT2D eigenvalue weighted by atomic mass is 9.72. The van der Waals surface area contributed by atoms with Gasteiger partial charge in [0.2, 0.25) is 0 Å². The number of nitriles is 1. The van der Waals surface area contributed by atoms with Crippen molar-refractivity contribution in [2.24, 2.45) is 11.3 Å². The SMILES string of the molecule is COc1cc(-c2nc3sc4c(c3c(=O)[nH]2)CCC(C(C)(C)C)C4)ccc1OCC#N. The van der Waals surface area contributed by atoms with Crippen LogP contribution in [0.15, 0.2) is 23.0 Å². The minimum atomic E-state index is -0.0921. The third kappa shape index (κ3) is 3.68. The van der Waals surface area contributed by atoms with Crippen LogP contribution in [-0.2, 0) is 12.8 Å². The number of aromatic nitrogens is 2. The van der Waals surface area contributed by atoms with Crippen LogP contribution in [0, 0.1) is 22.7 Å². The molecule has 2 aromatic heterocycles. The number of hydrogen-bond acceptors (Lipinski definition) is 6. The summed E-state index contributed by atoms with van der Waals surface area (Å²) in [6.45, 7) is 6.80. The standard InChI is InChI=1S/C23H25N3O3S/c1-23(2,3)14-6-7-15-18(12-14)30-22-19(15)21(27)25-20(26-22)13-5-8-16(29-10-9-24)17(11-13)28-4/h5,8,11,14H,6-7,10,12H2,1-4H3,(H,25,26,27). The van der Waals surface area contributed by atoms with E-state index >= 15 is 0 Å². The fourth-order valence-corrected chi connectivity index (χ4v) is 5.40. The van der Waals surface area contributed by atoms with Gasteiger partial charge >= 0.3 is 0 Å². The van der Waals surface area contributed by atoms with Gasteiger partial charge in [0.1, 0.15) is 16.7 Å². The second-order valence-electron chi connectivity index (χ2n) is 8.72. The number of fused-ring (bicyclic) bond motifs is 3. The molecule has 1 aromatic carbocycles. The number of ether oxygens (including phenoxy) is 2. The molecule has 0 spiro atoms. The van der Waals surface area contributed by atoms with Crippen LogP contribution in [0.4, 0.5) is 0 Å². The molecule has 30 heavy (non-hydrogen) atoms. The first-order valence-corrected chi connectivity index (χ1v) is 10.9. The number of rotatable bonds is 4. The van der Waals surface area contributed by atoms with Gasteiger partial charge in [0.15, 0.2) is 18.1 Å². The molecule has 0 radical (unpaired) electrons. The molecule has 1 atom stereocenters. The zero-order chi connectivity index (χ0) is 21.5. The molecule has 0 saturated heterocycles. The molecule has 1 unspecified atom stereocenters. The Balaban J connectivity index is 1.74. The van der Waals surface area contributed by atoms with Crippen LogP contribution in [0.25, 0.3) is 21.6 Å². The van der Waals surface area contributed by atoms with Gasteiger partial charge < -0.3 is 14.5 Å². The molecule has 7 heteroatoms. The maximum absolute atomic E-state index is 13.0. The summed E-state index contributed by atoms with van der Waals surface area (Å²) in [7, 11) is 1.54. The molecule has 0 aliphatic heterocycles. The summed E-state index contributed by atoms with van der Waals surface area (Å²) in [5, 5.41) is 9.46. The van der Waals surface area contributed by atoms with Crippen molar-refractivity contribution in [3.63, 3.8) is 0 Å². The summed E-state index contributed by atoms with van der Waals surface area (Å²) in [5.41, 5.74) is 2.07. The number of thiophene rings is 1. The lowest BCUT2D eigenvalue weighted by Gasteiger charge is -2.33. The molecule has 6 nitrogen and oxygen atoms in total. The molecule has 0 amide bonds. The predicted octanol–water partition coefficient (Wildman–Crippen LogP) is 4.71. The Kier molecular flexibility index (Phi) is 5.29. The molecule has 3 aromatic rings. The van der Waals surface area contributed by atoms with E-state index in [9.17, 15) is 4.79 Å². The molecule has 0 saturated carbocycles. The van der Waals surface area contributed by atoms with Gasteiger partial charge in [-0.3, -0.25) is 4.79 Å². The molecule has 1 N–H and O–H groups in total. The van der Waals surface area contributed by atoms with Crippen LogP contribution in [0.5, 0.6) is 11.5 Å². The minimum Gasteiger partial charge on any atom is -0.493 e. The van der Waals surface area contributed by atoms with Crippen molar-refractivity contribution in [1.29, 1.82) is 5.26 Å². The Labute approximate surface area is 179 Å². The number of aromatic amines is 1. The highest BCUT2D eigenvalue weighted by atomic mass is 32.1. The largest absolute Gasteiger partial charge is 0.493 e. The molecule has 0 bridgehead atoms. The average molecular weight is 424 g/mol. The smallest absolute Gasteiger partial charge is 0.260 e. The van der Waals surface area contributed by atoms with Gasteiger partial charge in [-0.2, -0.15) is 5.26 Å². The van der Waals surface area contributed by atoms with Crippen LogP contribution >= 0.6 is 11.3 Å². The van der Waals surface area contributed by atoms with E-state index in [4.69, 9.17) is 19.7 Å². The van der Waals surface area contributed by atoms with Crippen LogP contribution in [0.3, 0.4) is 0 Å². The maximum Gasteiger partial charge on any atom is 0.260 e. The van der Waals surface area contributed by atoms with E-state index in [0.29, 0.717) is 23.2 Å². The van der Waals surface area contributed by atoms with Crippen LogP contribution in [-0.4, -0.2) is 23.7 Å². The second kappa shape index (κ2) is 7.77. The van der Waals surface area contributed by atoms with Crippen LogP contribution in [0.1, 0.15) is 37.6 Å². The first kappa shape index (κ1) is 20.4. The van der Waals surface area contributed by atoms with Crippen LogP contribution in [0.2, 0.25) is 0 Å². The van der Waals surface area contributed by atoms with Crippen molar-refractivity contribution in [1.82, 2.24) is 9.97 Å². The van der Waals surface area contributed by atoms with Crippen molar-refractivity contribution >= 4 is 21.6 Å². The minimum absolute atomic E-state index is 0.0624. The maximum atomic E-state index is 13.0. The summed E-state index contributed by atoms with van der Waals surface area (Å²) in [4.78, 5) is 22.8. The van der Waals surface area contributed by atoms with Gasteiger partial charge in [-0.15, -0.1) is 11.3 Å². The molecule has 4 rings (SSSR count). The first-order valence-electron chi connectivity index (χ1n) is 10.0. The molecular weight excluding hydrogens is 398 g/mol. The zero-order valence-electron chi connectivity index (χ0n) is 17.7. The number of methoxy groups -OCH3 is 1. The fourth-order valence-electron chi connectivity index (χ4n) is 4.10. The number of aryl methyl sites for hydroxylation is 1. The normalized spacial score (nSPS) is 16.2. The molecule has 0 fully saturated rings. The highest BCUT2D eigenvalue weighted by Gasteiger charge is 2.31. The van der Waals surface area contributed by atoms with Gasteiger partial charge in [-0.05, 0) is 54.4 Å². The van der Waals surface area contributed by atoms with E-state index in [-0.39, 0.29) is 17.6 Å². The highest BCUT2D eigenvalue weighted by molar-refractivity contribution is 7.18. The second-order valence-corrected chi connectivity index (χ2v) is 9.80. The average Bonchev–Trinajstić information content (AvgIpc) is 3.09. The molecule has 1 aliphatic rings. The number of nitrogens with zero attached hydrogens (tertiary/aromatic N) is 2. The monoisotopic (exact) mass is 423 g/mol. The van der Waals surface area contributed by atoms with Gasteiger partial charge in [0.25, 0.3) is 5.56 Å². The Morgan fingerprint density at radius 1 is 1.33 bits per heavy atom. The van der Waals surface area contributed by atoms with E-state index in [0.717, 1.165) is 35.0 Å². The van der Waals surface area contributed by atoms with Crippen molar-refractivity contribution in [2.75, 3.05) is 13.7 Å². The summed E-state index contributed by atoms with van der Waals surface area (Å²) >= 11 is 1.64. The first-order chi connectivity index (χ1) is 14.3. The van der Waals surface area contributed by atoms with Crippen molar-refractivity contribution in [3.05, 3.63) is 39.0 Å². The molecule has 2 heterocycles. The van der Waals surface area contributed by atoms with Gasteiger partial charge in [0, 0.05) is 10.4 Å². The number of hydrogen-bond donors (Lipinski definition) is 1. The number of benzene rings is 1. The van der Waals surface area contributed by atoms with Crippen molar-refractivity contribution in [3.8, 4) is 29.0 Å². The Hall–Kier alpha value is -2.85. The topological polar surface area (TPSA) is 88.0 Å². The zero-order valence-corrected chi connectivity index (χ0v) is 18.5. The summed E-state index contributed by atoms with van der Waals surface area (Å²) < 4.78 is 10.8. The summed E-state index contributed by atoms with van der Waals surface area (Å²) in [5.74, 6) is 2.08. The van der Waals surface area contributed by atoms with E-state index in [2.05, 4.69) is 25.8 Å². The van der Waals surface area contributed by atoms with E-state index in [1.807, 2.05) is 12.1 Å². The van der Waals surface area contributed by atoms with Gasteiger partial charge in [0.05, 0.1) is 12.5 Å². The van der Waals surface area contributed by atoms with E-state index in [1.54, 1.807) is 23.5 Å². The van der Waals surface area contributed by atoms with Crippen molar-refractivity contribution in [2.45, 2.75) is 40.0 Å². The van der Waals surface area contributed by atoms with Crippen LogP contribution < -0.4 is 15.0 Å². The Bertz CT molecular complexity index is 1200. The third-order valence-electron chi connectivity index (χ3n) is 5.87. The van der Waals surface area contributed by atoms with Gasteiger partial charge in [-0.25, -0.2) is 4.98 Å². The number of H-pyrrole nitrogens is 1. The van der Waals surface area contributed by atoms with E-state index in [1.165, 1.54) is 17.6 Å². The molecule has 156 valence electrons.